The van der Waals surface area contributed by atoms with E-state index in [0.717, 1.165) is 21.9 Å². The van der Waals surface area contributed by atoms with Crippen LogP contribution in [-0.4, -0.2) is 0 Å². The van der Waals surface area contributed by atoms with E-state index in [1.165, 1.54) is 132 Å². The van der Waals surface area contributed by atoms with Gasteiger partial charge in [-0.3, -0.25) is 0 Å². The van der Waals surface area contributed by atoms with Crippen LogP contribution in [0.2, 0.25) is 0 Å². The van der Waals surface area contributed by atoms with Gasteiger partial charge in [-0.2, -0.15) is 0 Å². The Morgan fingerprint density at radius 3 is 1.26 bits per heavy atom. The maximum absolute atomic E-state index is 6.28. The second-order valence-electron chi connectivity index (χ2n) is 19.3. The zero-order valence-corrected chi connectivity index (χ0v) is 38.0. The van der Waals surface area contributed by atoms with E-state index in [1.54, 1.807) is 0 Å². The lowest BCUT2D eigenvalue weighted by Gasteiger charge is -2.32. The third-order valence-electron chi connectivity index (χ3n) is 16.0. The highest BCUT2D eigenvalue weighted by atomic mass is 16.3. The summed E-state index contributed by atoms with van der Waals surface area (Å²) in [6, 6.07) is 90.7. The van der Waals surface area contributed by atoms with Gasteiger partial charge < -0.3 is 4.42 Å². The van der Waals surface area contributed by atoms with Crippen LogP contribution < -0.4 is 0 Å². The Kier molecular flexibility index (Phi) is 7.60. The predicted molar refractivity (Wildman–Crippen MR) is 294 cm³/mol. The molecule has 70 heavy (non-hydrogen) atoms. The van der Waals surface area contributed by atoms with Crippen LogP contribution in [0.25, 0.3) is 131 Å². The highest BCUT2D eigenvalue weighted by Crippen LogP contribution is 2.67. The van der Waals surface area contributed by atoms with Gasteiger partial charge in [0.2, 0.25) is 0 Å². The minimum absolute atomic E-state index is 0.533. The molecule has 0 saturated carbocycles. The summed E-state index contributed by atoms with van der Waals surface area (Å²) in [6.45, 7) is 0. The van der Waals surface area contributed by atoms with Crippen LogP contribution in [0.5, 0.6) is 0 Å². The Morgan fingerprint density at radius 1 is 0.229 bits per heavy atom. The zero-order valence-electron chi connectivity index (χ0n) is 38.0. The molecule has 0 radical (unpaired) electrons. The van der Waals surface area contributed by atoms with Crippen molar-refractivity contribution in [3.63, 3.8) is 0 Å². The largest absolute Gasteiger partial charge is 0.456 e. The Hall–Kier alpha value is -9.04. The minimum Gasteiger partial charge on any atom is -0.456 e. The first-order chi connectivity index (χ1) is 34.8. The van der Waals surface area contributed by atoms with E-state index in [-0.39, 0.29) is 0 Å². The summed E-state index contributed by atoms with van der Waals surface area (Å²) in [5, 5.41) is 15.0. The van der Waals surface area contributed by atoms with Gasteiger partial charge in [-0.25, -0.2) is 0 Å². The van der Waals surface area contributed by atoms with E-state index >= 15 is 0 Å². The van der Waals surface area contributed by atoms with Crippen molar-refractivity contribution in [2.45, 2.75) is 5.41 Å². The molecule has 0 atom stereocenters. The number of hydrogen-bond acceptors (Lipinski definition) is 1. The number of benzene rings is 13. The molecule has 14 aromatic rings. The Labute approximate surface area is 404 Å². The van der Waals surface area contributed by atoms with Crippen LogP contribution in [-0.2, 0) is 5.41 Å². The van der Waals surface area contributed by atoms with Gasteiger partial charge >= 0.3 is 0 Å². The van der Waals surface area contributed by atoms with Crippen LogP contribution in [0.1, 0.15) is 22.3 Å². The van der Waals surface area contributed by atoms with Gasteiger partial charge in [-0.05, 0) is 156 Å². The number of fused-ring (bicyclic) bond motifs is 22. The summed E-state index contributed by atoms with van der Waals surface area (Å²) in [6.07, 6.45) is 0. The van der Waals surface area contributed by atoms with Gasteiger partial charge in [0.1, 0.15) is 11.2 Å². The van der Waals surface area contributed by atoms with Gasteiger partial charge in [0.15, 0.2) is 0 Å². The lowest BCUT2D eigenvalue weighted by atomic mass is 9.68. The van der Waals surface area contributed by atoms with Crippen molar-refractivity contribution in [3.05, 3.63) is 265 Å². The predicted octanol–water partition coefficient (Wildman–Crippen LogP) is 18.7. The number of rotatable bonds is 3. The molecule has 1 spiro atoms. The Balaban J connectivity index is 0.944. The molecule has 0 unspecified atom stereocenters. The van der Waals surface area contributed by atoms with Crippen LogP contribution in [0.3, 0.4) is 0 Å². The quantitative estimate of drug-likeness (QED) is 0.127. The number of furan rings is 1. The fourth-order valence-corrected chi connectivity index (χ4v) is 13.3. The molecule has 13 aromatic carbocycles. The first-order valence-corrected chi connectivity index (χ1v) is 24.4. The van der Waals surface area contributed by atoms with Crippen molar-refractivity contribution in [2.75, 3.05) is 0 Å². The number of hydrogen-bond donors (Lipinski definition) is 0. The van der Waals surface area contributed by atoms with Gasteiger partial charge in [0.25, 0.3) is 0 Å². The van der Waals surface area contributed by atoms with Gasteiger partial charge in [-0.15, -0.1) is 0 Å². The molecule has 2 aliphatic rings. The SMILES string of the molecule is c1ccc2c(c1)-c1ccccc1C21c2cc(-c3ccc(-c4c5ccccc5c(-c5ccc6oc7ccccc7c6c5)c5ccccc45)cc3)c3ccccc3c2-c2c1c1ccccc1c1ccccc21. The summed E-state index contributed by atoms with van der Waals surface area (Å²) >= 11 is 0. The molecule has 1 heterocycles. The Bertz CT molecular complexity index is 4480. The molecule has 16 rings (SSSR count). The highest BCUT2D eigenvalue weighted by Gasteiger charge is 2.53. The van der Waals surface area contributed by atoms with Gasteiger partial charge in [0.05, 0.1) is 5.41 Å². The average molecular weight is 885 g/mol. The molecule has 1 heteroatoms. The maximum atomic E-state index is 6.28. The lowest BCUT2D eigenvalue weighted by Crippen LogP contribution is -2.26. The second kappa shape index (κ2) is 14.0. The molecule has 1 nitrogen and oxygen atoms in total. The topological polar surface area (TPSA) is 13.1 Å². The van der Waals surface area contributed by atoms with Crippen molar-refractivity contribution >= 4 is 75.8 Å². The normalized spacial score (nSPS) is 13.3. The van der Waals surface area contributed by atoms with Crippen molar-refractivity contribution < 1.29 is 4.42 Å². The molecule has 0 saturated heterocycles. The molecular formula is C69H40O. The molecule has 0 bridgehead atoms. The first-order valence-electron chi connectivity index (χ1n) is 24.4. The minimum atomic E-state index is -0.533. The third-order valence-corrected chi connectivity index (χ3v) is 16.0. The van der Waals surface area contributed by atoms with Crippen LogP contribution >= 0.6 is 0 Å². The number of para-hydroxylation sites is 1. The fourth-order valence-electron chi connectivity index (χ4n) is 13.3. The van der Waals surface area contributed by atoms with Crippen LogP contribution in [0.4, 0.5) is 0 Å². The second-order valence-corrected chi connectivity index (χ2v) is 19.3. The lowest BCUT2D eigenvalue weighted by molar-refractivity contribution is 0.669. The molecule has 1 aromatic heterocycles. The van der Waals surface area contributed by atoms with Gasteiger partial charge in [-0.1, -0.05) is 218 Å². The zero-order chi connectivity index (χ0) is 45.7. The Morgan fingerprint density at radius 2 is 0.643 bits per heavy atom. The third kappa shape index (κ3) is 4.86. The molecule has 2 aliphatic carbocycles. The maximum Gasteiger partial charge on any atom is 0.135 e. The van der Waals surface area contributed by atoms with E-state index in [2.05, 4.69) is 237 Å². The molecule has 0 N–H and O–H groups in total. The molecular weight excluding hydrogens is 845 g/mol. The van der Waals surface area contributed by atoms with E-state index in [4.69, 9.17) is 4.42 Å². The highest BCUT2D eigenvalue weighted by molar-refractivity contribution is 6.25. The van der Waals surface area contributed by atoms with E-state index in [9.17, 15) is 0 Å². The van der Waals surface area contributed by atoms with E-state index in [0.29, 0.717) is 0 Å². The fraction of sp³-hybridized carbons (Fsp3) is 0.0145. The summed E-state index contributed by atoms with van der Waals surface area (Å²) in [5.74, 6) is 0. The molecule has 0 fully saturated rings. The smallest absolute Gasteiger partial charge is 0.135 e. The van der Waals surface area contributed by atoms with Crippen molar-refractivity contribution in [1.29, 1.82) is 0 Å². The summed E-state index contributed by atoms with van der Waals surface area (Å²) in [4.78, 5) is 0. The monoisotopic (exact) mass is 884 g/mol. The summed E-state index contributed by atoms with van der Waals surface area (Å²) < 4.78 is 6.28. The van der Waals surface area contributed by atoms with Crippen LogP contribution in [0.15, 0.2) is 247 Å². The van der Waals surface area contributed by atoms with Crippen molar-refractivity contribution in [1.82, 2.24) is 0 Å². The summed E-state index contributed by atoms with van der Waals surface area (Å²) in [7, 11) is 0. The molecule has 0 amide bonds. The van der Waals surface area contributed by atoms with Crippen molar-refractivity contribution in [3.8, 4) is 55.6 Å². The first kappa shape index (κ1) is 38.0. The molecule has 0 aliphatic heterocycles. The van der Waals surface area contributed by atoms with Crippen LogP contribution in [0, 0.1) is 0 Å². The summed E-state index contributed by atoms with van der Waals surface area (Å²) in [5.41, 5.74) is 19.4. The van der Waals surface area contributed by atoms with Crippen molar-refractivity contribution in [2.24, 2.45) is 0 Å². The standard InChI is InChI=1S/C69H40O/c1-5-24-51-44(17-1)45-18-3-10-29-56(45)68-67(51)66-50-23-4-2-19-46(50)57(40-61(66)69(68)59-30-14-11-20-47(59)48-21-12-15-31-60(48)69)41-33-35-42(36-34-41)64-52-25-6-8-27-54(52)65(55-28-9-7-26-53(55)64)43-37-38-63-58(39-43)49-22-13-16-32-62(49)70-63/h1-40H. The van der Waals surface area contributed by atoms with E-state index in [1.807, 2.05) is 6.07 Å². The average Bonchev–Trinajstić information content (AvgIpc) is 4.06. The van der Waals surface area contributed by atoms with E-state index < -0.39 is 5.41 Å². The van der Waals surface area contributed by atoms with Gasteiger partial charge in [0, 0.05) is 10.8 Å². The molecule has 322 valence electrons.